The molecule has 0 fully saturated rings. The lowest BCUT2D eigenvalue weighted by Crippen LogP contribution is -1.78. The van der Waals surface area contributed by atoms with Gasteiger partial charge in [0.05, 0.1) is 0 Å². The minimum atomic E-state index is 1.27. The second kappa shape index (κ2) is 1.60. The Morgan fingerprint density at radius 3 is 2.89 bits per heavy atom. The number of rotatable bonds is 0. The van der Waals surface area contributed by atoms with Gasteiger partial charge in [-0.15, -0.1) is 0 Å². The van der Waals surface area contributed by atoms with Gasteiger partial charge in [0.1, 0.15) is 0 Å². The molecule has 0 aromatic heterocycles. The molecule has 0 unspecified atom stereocenters. The van der Waals surface area contributed by atoms with Crippen LogP contribution in [0.4, 0.5) is 0 Å². The van der Waals surface area contributed by atoms with Crippen LogP contribution < -0.4 is 0 Å². The first-order valence-electron chi connectivity index (χ1n) is 3.45. The van der Waals surface area contributed by atoms with Crippen molar-refractivity contribution < 1.29 is 0 Å². The molecule has 0 aliphatic heterocycles. The molecule has 1 aliphatic rings. The summed E-state index contributed by atoms with van der Waals surface area (Å²) in [5.41, 5.74) is 4.51. The van der Waals surface area contributed by atoms with E-state index < -0.39 is 0 Å². The number of benzene rings is 1. The Morgan fingerprint density at radius 2 is 2.11 bits per heavy atom. The lowest BCUT2D eigenvalue weighted by molar-refractivity contribution is 1.02. The molecular formula is C9H10. The summed E-state index contributed by atoms with van der Waals surface area (Å²) in [5.74, 6) is 0. The van der Waals surface area contributed by atoms with Crippen molar-refractivity contribution in [3.05, 3.63) is 34.9 Å². The first-order chi connectivity index (χ1) is 4.36. The van der Waals surface area contributed by atoms with E-state index >= 15 is 0 Å². The van der Waals surface area contributed by atoms with E-state index in [1.54, 1.807) is 5.56 Å². The highest BCUT2D eigenvalue weighted by molar-refractivity contribution is 5.36. The van der Waals surface area contributed by atoms with Crippen molar-refractivity contribution in [2.45, 2.75) is 19.8 Å². The minimum Gasteiger partial charge on any atom is -0.0588 e. The van der Waals surface area contributed by atoms with Gasteiger partial charge in [0.2, 0.25) is 0 Å². The van der Waals surface area contributed by atoms with Crippen LogP contribution in [0.5, 0.6) is 0 Å². The van der Waals surface area contributed by atoms with Gasteiger partial charge in [-0.05, 0) is 36.5 Å². The Morgan fingerprint density at radius 1 is 1.22 bits per heavy atom. The smallest absolute Gasteiger partial charge is 0.0236 e. The van der Waals surface area contributed by atoms with Crippen molar-refractivity contribution in [2.75, 3.05) is 0 Å². The maximum atomic E-state index is 2.31. The van der Waals surface area contributed by atoms with Crippen LogP contribution in [0.3, 0.4) is 0 Å². The molecular weight excluding hydrogens is 108 g/mol. The Hall–Kier alpha value is -0.780. The van der Waals surface area contributed by atoms with E-state index in [4.69, 9.17) is 0 Å². The zero-order chi connectivity index (χ0) is 6.27. The van der Waals surface area contributed by atoms with Gasteiger partial charge in [0.25, 0.3) is 0 Å². The van der Waals surface area contributed by atoms with Crippen LogP contribution >= 0.6 is 0 Å². The molecule has 0 radical (unpaired) electrons. The molecule has 2 bridgehead atoms. The SMILES string of the molecule is Cc1ccc2cc1CC2. The Balaban J connectivity index is 2.65. The summed E-state index contributed by atoms with van der Waals surface area (Å²) in [5, 5.41) is 0. The third kappa shape index (κ3) is 0.663. The van der Waals surface area contributed by atoms with Gasteiger partial charge in [0.15, 0.2) is 0 Å². The van der Waals surface area contributed by atoms with Crippen molar-refractivity contribution in [3.8, 4) is 0 Å². The molecule has 0 nitrogen and oxygen atoms in total. The standard InChI is InChI=1S/C9H10/c1-7-2-3-8-4-5-9(7)6-8/h2-3,6H,4-5H2,1H3. The van der Waals surface area contributed by atoms with Gasteiger partial charge < -0.3 is 0 Å². The van der Waals surface area contributed by atoms with Crippen molar-refractivity contribution in [3.63, 3.8) is 0 Å². The maximum Gasteiger partial charge on any atom is -0.0236 e. The number of aryl methyl sites for hydroxylation is 3. The van der Waals surface area contributed by atoms with Gasteiger partial charge in [-0.1, -0.05) is 18.2 Å². The molecule has 9 heavy (non-hydrogen) atoms. The van der Waals surface area contributed by atoms with Gasteiger partial charge in [0, 0.05) is 0 Å². The topological polar surface area (TPSA) is 0 Å². The average Bonchev–Trinajstić information content (AvgIpc) is 2.25. The van der Waals surface area contributed by atoms with Crippen LogP contribution in [-0.2, 0) is 12.8 Å². The summed E-state index contributed by atoms with van der Waals surface area (Å²) in [6.07, 6.45) is 2.54. The number of hydrogen-bond acceptors (Lipinski definition) is 0. The summed E-state index contributed by atoms with van der Waals surface area (Å²) < 4.78 is 0. The van der Waals surface area contributed by atoms with E-state index in [2.05, 4.69) is 25.1 Å². The fourth-order valence-corrected chi connectivity index (χ4v) is 1.43. The van der Waals surface area contributed by atoms with Crippen LogP contribution in [0.1, 0.15) is 16.7 Å². The van der Waals surface area contributed by atoms with Crippen LogP contribution in [-0.4, -0.2) is 0 Å². The molecule has 0 amide bonds. The molecule has 0 N–H and O–H groups in total. The monoisotopic (exact) mass is 118 g/mol. The van der Waals surface area contributed by atoms with E-state index in [-0.39, 0.29) is 0 Å². The Labute approximate surface area is 55.5 Å². The molecule has 2 rings (SSSR count). The van der Waals surface area contributed by atoms with E-state index in [1.807, 2.05) is 0 Å². The summed E-state index contributed by atoms with van der Waals surface area (Å²) in [6.45, 7) is 2.18. The highest BCUT2D eigenvalue weighted by atomic mass is 14.1. The number of fused-ring (bicyclic) bond motifs is 2. The normalized spacial score (nSPS) is 14.3. The lowest BCUT2D eigenvalue weighted by Gasteiger charge is -1.93. The molecule has 0 heterocycles. The second-order valence-electron chi connectivity index (χ2n) is 2.76. The van der Waals surface area contributed by atoms with Crippen molar-refractivity contribution in [2.24, 2.45) is 0 Å². The van der Waals surface area contributed by atoms with E-state index in [9.17, 15) is 0 Å². The fraction of sp³-hybridized carbons (Fsp3) is 0.333. The van der Waals surface area contributed by atoms with Gasteiger partial charge in [-0.25, -0.2) is 0 Å². The van der Waals surface area contributed by atoms with Gasteiger partial charge in [-0.2, -0.15) is 0 Å². The second-order valence-corrected chi connectivity index (χ2v) is 2.76. The van der Waals surface area contributed by atoms with Crippen molar-refractivity contribution >= 4 is 0 Å². The molecule has 1 aliphatic carbocycles. The quantitative estimate of drug-likeness (QED) is 0.489. The summed E-state index contributed by atoms with van der Waals surface area (Å²) in [6, 6.07) is 6.76. The third-order valence-electron chi connectivity index (χ3n) is 2.10. The van der Waals surface area contributed by atoms with Crippen molar-refractivity contribution in [1.82, 2.24) is 0 Å². The highest BCUT2D eigenvalue weighted by Crippen LogP contribution is 2.20. The van der Waals surface area contributed by atoms with Crippen molar-refractivity contribution in [1.29, 1.82) is 0 Å². The lowest BCUT2D eigenvalue weighted by atomic mass is 10.1. The highest BCUT2D eigenvalue weighted by Gasteiger charge is 2.06. The largest absolute Gasteiger partial charge is 0.0588 e. The van der Waals surface area contributed by atoms with Crippen LogP contribution in [0.2, 0.25) is 0 Å². The van der Waals surface area contributed by atoms with Crippen LogP contribution in [0.25, 0.3) is 0 Å². The molecule has 0 spiro atoms. The molecule has 0 heteroatoms. The van der Waals surface area contributed by atoms with E-state index in [0.717, 1.165) is 0 Å². The fourth-order valence-electron chi connectivity index (χ4n) is 1.43. The van der Waals surface area contributed by atoms with Gasteiger partial charge in [-0.3, -0.25) is 0 Å². The van der Waals surface area contributed by atoms with Gasteiger partial charge >= 0.3 is 0 Å². The first-order valence-corrected chi connectivity index (χ1v) is 3.45. The van der Waals surface area contributed by atoms with E-state index in [0.29, 0.717) is 0 Å². The summed E-state index contributed by atoms with van der Waals surface area (Å²) in [4.78, 5) is 0. The predicted molar refractivity (Wildman–Crippen MR) is 38.6 cm³/mol. The third-order valence-corrected chi connectivity index (χ3v) is 2.10. The van der Waals surface area contributed by atoms with Crippen LogP contribution in [0.15, 0.2) is 18.2 Å². The molecule has 0 saturated carbocycles. The number of hydrogen-bond donors (Lipinski definition) is 0. The van der Waals surface area contributed by atoms with E-state index in [1.165, 1.54) is 24.0 Å². The first kappa shape index (κ1) is 5.04. The molecule has 1 aromatic rings. The zero-order valence-electron chi connectivity index (χ0n) is 5.65. The summed E-state index contributed by atoms with van der Waals surface area (Å²) >= 11 is 0. The molecule has 1 aromatic carbocycles. The predicted octanol–water partition coefficient (Wildman–Crippen LogP) is 2.09. The minimum absolute atomic E-state index is 1.27. The maximum absolute atomic E-state index is 2.31. The Bertz CT molecular complexity index is 236. The Kier molecular flexibility index (Phi) is 0.895. The molecule has 46 valence electrons. The average molecular weight is 118 g/mol. The van der Waals surface area contributed by atoms with Crippen LogP contribution in [0, 0.1) is 6.92 Å². The summed E-state index contributed by atoms with van der Waals surface area (Å²) in [7, 11) is 0. The molecule has 0 atom stereocenters. The molecule has 0 saturated heterocycles. The zero-order valence-corrected chi connectivity index (χ0v) is 5.65.